The van der Waals surface area contributed by atoms with Crippen LogP contribution in [0.2, 0.25) is 0 Å². The summed E-state index contributed by atoms with van der Waals surface area (Å²) in [4.78, 5) is 22.3. The van der Waals surface area contributed by atoms with Crippen LogP contribution < -0.4 is 4.72 Å². The second-order valence-corrected chi connectivity index (χ2v) is 7.94. The van der Waals surface area contributed by atoms with Gasteiger partial charge in [0.1, 0.15) is 5.69 Å². The topological polar surface area (TPSA) is 92.3 Å². The Morgan fingerprint density at radius 1 is 1.32 bits per heavy atom. The van der Waals surface area contributed by atoms with Crippen LogP contribution >= 0.6 is 0 Å². The Labute approximate surface area is 131 Å². The normalized spacial score (nSPS) is 22.3. The van der Waals surface area contributed by atoms with E-state index in [2.05, 4.69) is 14.7 Å². The average Bonchev–Trinajstić information content (AvgIpc) is 2.80. The maximum absolute atomic E-state index is 12.5. The quantitative estimate of drug-likeness (QED) is 0.866. The smallest absolute Gasteiger partial charge is 0.274 e. The van der Waals surface area contributed by atoms with Gasteiger partial charge < -0.3 is 4.90 Å². The van der Waals surface area contributed by atoms with Crippen LogP contribution in [-0.2, 0) is 10.0 Å². The lowest BCUT2D eigenvalue weighted by Gasteiger charge is -2.21. The number of amides is 1. The van der Waals surface area contributed by atoms with Crippen molar-refractivity contribution in [3.63, 3.8) is 0 Å². The van der Waals surface area contributed by atoms with E-state index in [1.54, 1.807) is 18.0 Å². The van der Waals surface area contributed by atoms with Gasteiger partial charge in [-0.2, -0.15) is 0 Å². The minimum Gasteiger partial charge on any atom is -0.335 e. The molecule has 0 aliphatic carbocycles. The Morgan fingerprint density at radius 2 is 2.00 bits per heavy atom. The van der Waals surface area contributed by atoms with E-state index in [1.165, 1.54) is 6.20 Å². The van der Waals surface area contributed by atoms with Crippen molar-refractivity contribution in [2.75, 3.05) is 19.3 Å². The number of aryl methyl sites for hydroxylation is 1. The van der Waals surface area contributed by atoms with Crippen LogP contribution in [0.25, 0.3) is 0 Å². The van der Waals surface area contributed by atoms with Gasteiger partial charge in [-0.1, -0.05) is 13.8 Å². The predicted octanol–water partition coefficient (Wildman–Crippen LogP) is 0.431. The fourth-order valence-electron chi connectivity index (χ4n) is 2.73. The number of sulfonamides is 1. The molecule has 0 spiro atoms. The molecule has 1 fully saturated rings. The lowest BCUT2D eigenvalue weighted by atomic mass is 9.92. The Hall–Kier alpha value is -1.54. The van der Waals surface area contributed by atoms with Crippen molar-refractivity contribution in [1.82, 2.24) is 19.6 Å². The highest BCUT2D eigenvalue weighted by atomic mass is 32.2. The third-order valence-corrected chi connectivity index (χ3v) is 4.61. The first-order valence-corrected chi connectivity index (χ1v) is 9.11. The van der Waals surface area contributed by atoms with E-state index in [0.29, 0.717) is 13.1 Å². The number of carbonyl (C=O) groups is 1. The number of nitrogens with one attached hydrogen (secondary N) is 1. The first kappa shape index (κ1) is 16.8. The Morgan fingerprint density at radius 3 is 2.50 bits per heavy atom. The van der Waals surface area contributed by atoms with Gasteiger partial charge in [0.05, 0.1) is 18.1 Å². The molecule has 0 unspecified atom stereocenters. The van der Waals surface area contributed by atoms with Gasteiger partial charge in [0, 0.05) is 25.3 Å². The number of carbonyl (C=O) groups excluding carboxylic acids is 1. The highest BCUT2D eigenvalue weighted by molar-refractivity contribution is 7.88. The molecule has 1 aliphatic rings. The predicted molar refractivity (Wildman–Crippen MR) is 82.8 cm³/mol. The minimum absolute atomic E-state index is 0.0806. The SMILES string of the molecule is Cc1cnc(C(=O)N2C[C@@H](NS(C)(=O)=O)[C@H](C(C)C)C2)cn1. The molecule has 7 nitrogen and oxygen atoms in total. The summed E-state index contributed by atoms with van der Waals surface area (Å²) >= 11 is 0. The van der Waals surface area contributed by atoms with E-state index in [4.69, 9.17) is 0 Å². The molecule has 8 heteroatoms. The van der Waals surface area contributed by atoms with E-state index < -0.39 is 10.0 Å². The standard InChI is InChI=1S/C14H22N4O3S/c1-9(2)11-7-18(8-13(11)17-22(4,20)21)14(19)12-6-15-10(3)5-16-12/h5-6,9,11,13,17H,7-8H2,1-4H3/t11-,13+/m0/s1. The number of aromatic nitrogens is 2. The monoisotopic (exact) mass is 326 g/mol. The van der Waals surface area contributed by atoms with Gasteiger partial charge in [0.25, 0.3) is 5.91 Å². The largest absolute Gasteiger partial charge is 0.335 e. The molecule has 0 aromatic carbocycles. The highest BCUT2D eigenvalue weighted by Crippen LogP contribution is 2.25. The molecule has 1 saturated heterocycles. The summed E-state index contributed by atoms with van der Waals surface area (Å²) in [6.07, 6.45) is 4.15. The molecule has 2 rings (SSSR count). The lowest BCUT2D eigenvalue weighted by molar-refractivity contribution is 0.0776. The number of hydrogen-bond acceptors (Lipinski definition) is 5. The molecular weight excluding hydrogens is 304 g/mol. The van der Waals surface area contributed by atoms with Crippen molar-refractivity contribution in [1.29, 1.82) is 0 Å². The third-order valence-electron chi connectivity index (χ3n) is 3.87. The summed E-state index contributed by atoms with van der Waals surface area (Å²) < 4.78 is 25.6. The van der Waals surface area contributed by atoms with Gasteiger partial charge >= 0.3 is 0 Å². The average molecular weight is 326 g/mol. The molecule has 2 heterocycles. The highest BCUT2D eigenvalue weighted by Gasteiger charge is 2.38. The summed E-state index contributed by atoms with van der Waals surface area (Å²) in [5.41, 5.74) is 1.03. The molecule has 0 bridgehead atoms. The Kier molecular flexibility index (Phi) is 4.81. The summed E-state index contributed by atoms with van der Waals surface area (Å²) in [6.45, 7) is 6.73. The molecule has 122 valence electrons. The minimum atomic E-state index is -3.31. The molecule has 2 atom stereocenters. The van der Waals surface area contributed by atoms with Crippen molar-refractivity contribution < 1.29 is 13.2 Å². The molecule has 0 saturated carbocycles. The second kappa shape index (κ2) is 6.29. The number of hydrogen-bond donors (Lipinski definition) is 1. The van der Waals surface area contributed by atoms with Gasteiger partial charge in [-0.15, -0.1) is 0 Å². The maximum atomic E-state index is 12.5. The van der Waals surface area contributed by atoms with Gasteiger partial charge in [0.15, 0.2) is 0 Å². The van der Waals surface area contributed by atoms with Crippen molar-refractivity contribution in [2.45, 2.75) is 26.8 Å². The number of rotatable bonds is 4. The van der Waals surface area contributed by atoms with Crippen molar-refractivity contribution in [3.8, 4) is 0 Å². The van der Waals surface area contributed by atoms with E-state index in [0.717, 1.165) is 11.9 Å². The van der Waals surface area contributed by atoms with Crippen LogP contribution in [0.3, 0.4) is 0 Å². The van der Waals surface area contributed by atoms with E-state index in [1.807, 2.05) is 13.8 Å². The summed E-state index contributed by atoms with van der Waals surface area (Å²) in [7, 11) is -3.31. The van der Waals surface area contributed by atoms with Gasteiger partial charge in [0.2, 0.25) is 10.0 Å². The second-order valence-electron chi connectivity index (χ2n) is 6.16. The zero-order valence-corrected chi connectivity index (χ0v) is 14.1. The summed E-state index contributed by atoms with van der Waals surface area (Å²) in [5, 5.41) is 0. The molecular formula is C14H22N4O3S. The fraction of sp³-hybridized carbons (Fsp3) is 0.643. The number of nitrogens with zero attached hydrogens (tertiary/aromatic N) is 3. The molecule has 1 aliphatic heterocycles. The van der Waals surface area contributed by atoms with Crippen molar-refractivity contribution in [3.05, 3.63) is 23.8 Å². The van der Waals surface area contributed by atoms with Crippen molar-refractivity contribution in [2.24, 2.45) is 11.8 Å². The third kappa shape index (κ3) is 4.01. The van der Waals surface area contributed by atoms with E-state index in [-0.39, 0.29) is 29.5 Å². The molecule has 1 aromatic rings. The maximum Gasteiger partial charge on any atom is 0.274 e. The molecule has 22 heavy (non-hydrogen) atoms. The number of likely N-dealkylation sites (tertiary alicyclic amines) is 1. The van der Waals surface area contributed by atoms with E-state index in [9.17, 15) is 13.2 Å². The van der Waals surface area contributed by atoms with Crippen LogP contribution in [0.5, 0.6) is 0 Å². The first-order chi connectivity index (χ1) is 10.2. The molecule has 0 radical (unpaired) electrons. The van der Waals surface area contributed by atoms with E-state index >= 15 is 0 Å². The van der Waals surface area contributed by atoms with Crippen LogP contribution in [0.15, 0.2) is 12.4 Å². The zero-order chi connectivity index (χ0) is 16.5. The van der Waals surface area contributed by atoms with Crippen LogP contribution in [-0.4, -0.2) is 54.6 Å². The van der Waals surface area contributed by atoms with Crippen LogP contribution in [0.1, 0.15) is 30.0 Å². The van der Waals surface area contributed by atoms with Crippen LogP contribution in [0, 0.1) is 18.8 Å². The lowest BCUT2D eigenvalue weighted by Crippen LogP contribution is -2.41. The molecule has 1 N–H and O–H groups in total. The fourth-order valence-corrected chi connectivity index (χ4v) is 3.53. The Balaban J connectivity index is 2.16. The summed E-state index contributed by atoms with van der Waals surface area (Å²) in [6, 6.07) is -0.266. The Bertz CT molecular complexity index is 643. The summed E-state index contributed by atoms with van der Waals surface area (Å²) in [5.74, 6) is 0.134. The van der Waals surface area contributed by atoms with Crippen LogP contribution in [0.4, 0.5) is 0 Å². The zero-order valence-electron chi connectivity index (χ0n) is 13.3. The van der Waals surface area contributed by atoms with Gasteiger partial charge in [-0.3, -0.25) is 9.78 Å². The molecule has 1 aromatic heterocycles. The van der Waals surface area contributed by atoms with Crippen molar-refractivity contribution >= 4 is 15.9 Å². The van der Waals surface area contributed by atoms with Gasteiger partial charge in [-0.05, 0) is 18.8 Å². The first-order valence-electron chi connectivity index (χ1n) is 7.22. The van der Waals surface area contributed by atoms with Gasteiger partial charge in [-0.25, -0.2) is 18.1 Å². The molecule has 1 amide bonds.